The molecule has 0 aliphatic heterocycles. The minimum atomic E-state index is -0.698. The summed E-state index contributed by atoms with van der Waals surface area (Å²) in [7, 11) is 0. The average Bonchev–Trinajstić information content (AvgIpc) is 3.10. The maximum Gasteiger partial charge on any atom is 0.419 e. The number of nitrogens with one attached hydrogen (secondary N) is 2. The first-order chi connectivity index (χ1) is 11.1. The fraction of sp³-hybridized carbons (Fsp3) is 0.154. The number of aromatic nitrogens is 4. The van der Waals surface area contributed by atoms with E-state index in [2.05, 4.69) is 30.7 Å². The number of nitrogens with zero attached hydrogens (tertiary/aromatic N) is 4. The van der Waals surface area contributed by atoms with Crippen molar-refractivity contribution in [3.8, 4) is 5.88 Å². The number of aryl methyl sites for hydroxylation is 2. The van der Waals surface area contributed by atoms with Crippen LogP contribution in [0.2, 0.25) is 0 Å². The van der Waals surface area contributed by atoms with Crippen LogP contribution in [0.4, 0.5) is 21.4 Å². The van der Waals surface area contributed by atoms with Gasteiger partial charge in [-0.25, -0.2) is 19.7 Å². The lowest BCUT2D eigenvalue weighted by atomic mass is 10.5. The van der Waals surface area contributed by atoms with Crippen LogP contribution in [0.5, 0.6) is 5.88 Å². The van der Waals surface area contributed by atoms with Crippen molar-refractivity contribution in [2.24, 2.45) is 0 Å². The lowest BCUT2D eigenvalue weighted by Crippen LogP contribution is -2.18. The maximum atomic E-state index is 12.0. The Balaban J connectivity index is 1.71. The Morgan fingerprint density at radius 2 is 2.13 bits per heavy atom. The van der Waals surface area contributed by atoms with Gasteiger partial charge < -0.3 is 14.6 Å². The van der Waals surface area contributed by atoms with Gasteiger partial charge in [-0.2, -0.15) is 0 Å². The lowest BCUT2D eigenvalue weighted by Gasteiger charge is -2.06. The van der Waals surface area contributed by atoms with E-state index >= 15 is 0 Å². The zero-order chi connectivity index (χ0) is 16.2. The van der Waals surface area contributed by atoms with Crippen LogP contribution in [0.1, 0.15) is 10.8 Å². The summed E-state index contributed by atoms with van der Waals surface area (Å²) >= 11 is 1.33. The van der Waals surface area contributed by atoms with Crippen LogP contribution in [0.15, 0.2) is 29.1 Å². The number of ether oxygens (including phenoxy) is 1. The first-order valence-electron chi connectivity index (χ1n) is 6.53. The monoisotopic (exact) mass is 332 g/mol. The zero-order valence-electron chi connectivity index (χ0n) is 12.2. The Hall–Kier alpha value is -3.01. The first kappa shape index (κ1) is 14.9. The van der Waals surface area contributed by atoms with E-state index in [0.29, 0.717) is 22.5 Å². The number of rotatable bonds is 4. The molecule has 2 N–H and O–H groups in total. The quantitative estimate of drug-likeness (QED) is 0.749. The molecule has 3 aromatic heterocycles. The van der Waals surface area contributed by atoms with E-state index in [1.54, 1.807) is 32.2 Å². The van der Waals surface area contributed by atoms with E-state index < -0.39 is 6.09 Å². The van der Waals surface area contributed by atoms with Gasteiger partial charge in [0.1, 0.15) is 17.9 Å². The molecule has 0 aliphatic rings. The molecule has 1 amide bonds. The Morgan fingerprint density at radius 1 is 1.26 bits per heavy atom. The summed E-state index contributed by atoms with van der Waals surface area (Å²) in [5.74, 6) is 1.53. The van der Waals surface area contributed by atoms with Crippen molar-refractivity contribution in [1.29, 1.82) is 0 Å². The van der Waals surface area contributed by atoms with Gasteiger partial charge in [-0.1, -0.05) is 16.5 Å². The molecule has 23 heavy (non-hydrogen) atoms. The molecule has 0 unspecified atom stereocenters. The predicted molar refractivity (Wildman–Crippen MR) is 83.1 cm³/mol. The highest BCUT2D eigenvalue weighted by molar-refractivity contribution is 7.16. The van der Waals surface area contributed by atoms with E-state index in [1.165, 1.54) is 17.6 Å². The van der Waals surface area contributed by atoms with Gasteiger partial charge in [0.2, 0.25) is 0 Å². The van der Waals surface area contributed by atoms with Gasteiger partial charge in [-0.3, -0.25) is 5.32 Å². The zero-order valence-corrected chi connectivity index (χ0v) is 13.0. The largest absolute Gasteiger partial charge is 0.419 e. The summed E-state index contributed by atoms with van der Waals surface area (Å²) in [6.07, 6.45) is 2.28. The molecule has 3 aromatic rings. The first-order valence-corrected chi connectivity index (χ1v) is 7.35. The number of thiazole rings is 1. The van der Waals surface area contributed by atoms with Gasteiger partial charge in [0.05, 0.1) is 5.01 Å². The van der Waals surface area contributed by atoms with Crippen LogP contribution in [0, 0.1) is 13.8 Å². The van der Waals surface area contributed by atoms with Gasteiger partial charge in [0.25, 0.3) is 5.88 Å². The Kier molecular flexibility index (Phi) is 4.15. The molecule has 0 spiro atoms. The third kappa shape index (κ3) is 3.80. The summed E-state index contributed by atoms with van der Waals surface area (Å²) in [4.78, 5) is 24.2. The van der Waals surface area contributed by atoms with Crippen molar-refractivity contribution in [1.82, 2.24) is 20.1 Å². The molecule has 0 saturated heterocycles. The summed E-state index contributed by atoms with van der Waals surface area (Å²) in [6, 6.07) is 3.21. The van der Waals surface area contributed by atoms with E-state index in [9.17, 15) is 4.79 Å². The van der Waals surface area contributed by atoms with Gasteiger partial charge in [0, 0.05) is 12.3 Å². The number of hydrogen-bond acceptors (Lipinski definition) is 9. The molecular formula is C13H12N6O3S. The van der Waals surface area contributed by atoms with Gasteiger partial charge in [0.15, 0.2) is 10.8 Å². The minimum absolute atomic E-state index is 0.152. The second kappa shape index (κ2) is 6.40. The fourth-order valence-corrected chi connectivity index (χ4v) is 2.45. The molecule has 0 aromatic carbocycles. The highest BCUT2D eigenvalue weighted by atomic mass is 32.1. The van der Waals surface area contributed by atoms with Crippen molar-refractivity contribution in [3.05, 3.63) is 35.4 Å². The van der Waals surface area contributed by atoms with Crippen molar-refractivity contribution >= 4 is 34.1 Å². The Bertz CT molecular complexity index is 817. The topological polar surface area (TPSA) is 115 Å². The van der Waals surface area contributed by atoms with E-state index in [4.69, 9.17) is 9.26 Å². The van der Waals surface area contributed by atoms with Crippen LogP contribution in [-0.4, -0.2) is 26.2 Å². The van der Waals surface area contributed by atoms with Crippen LogP contribution >= 0.6 is 11.3 Å². The number of carbonyl (C=O) groups excluding carboxylic acids is 1. The highest BCUT2D eigenvalue weighted by Gasteiger charge is 2.16. The second-order valence-corrected chi connectivity index (χ2v) is 5.58. The lowest BCUT2D eigenvalue weighted by molar-refractivity contribution is 0.213. The van der Waals surface area contributed by atoms with E-state index in [0.717, 1.165) is 5.01 Å². The molecule has 0 aliphatic carbocycles. The molecule has 0 atom stereocenters. The van der Waals surface area contributed by atoms with E-state index in [-0.39, 0.29) is 5.88 Å². The third-order valence-corrected chi connectivity index (χ3v) is 3.45. The minimum Gasteiger partial charge on any atom is -0.388 e. The Morgan fingerprint density at radius 3 is 2.87 bits per heavy atom. The number of amides is 1. The highest BCUT2D eigenvalue weighted by Crippen LogP contribution is 2.33. The predicted octanol–water partition coefficient (Wildman–Crippen LogP) is 2.89. The maximum absolute atomic E-state index is 12.0. The summed E-state index contributed by atoms with van der Waals surface area (Å²) in [5.41, 5.74) is 0. The van der Waals surface area contributed by atoms with Crippen molar-refractivity contribution in [3.63, 3.8) is 0 Å². The van der Waals surface area contributed by atoms with Crippen molar-refractivity contribution < 1.29 is 14.1 Å². The normalized spacial score (nSPS) is 10.3. The van der Waals surface area contributed by atoms with Gasteiger partial charge in [-0.05, 0) is 19.9 Å². The molecule has 118 valence electrons. The van der Waals surface area contributed by atoms with Gasteiger partial charge in [-0.15, -0.1) is 0 Å². The summed E-state index contributed by atoms with van der Waals surface area (Å²) < 4.78 is 9.97. The average molecular weight is 332 g/mol. The molecule has 3 rings (SSSR count). The van der Waals surface area contributed by atoms with Crippen LogP contribution in [-0.2, 0) is 0 Å². The molecule has 0 saturated carbocycles. The van der Waals surface area contributed by atoms with Gasteiger partial charge >= 0.3 is 6.09 Å². The van der Waals surface area contributed by atoms with Crippen LogP contribution in [0.3, 0.4) is 0 Å². The summed E-state index contributed by atoms with van der Waals surface area (Å²) in [6.45, 7) is 3.53. The molecule has 0 fully saturated rings. The number of anilines is 3. The molecule has 0 bridgehead atoms. The van der Waals surface area contributed by atoms with E-state index in [1.807, 2.05) is 0 Å². The fourth-order valence-electron chi connectivity index (χ4n) is 1.69. The third-order valence-electron chi connectivity index (χ3n) is 2.58. The van der Waals surface area contributed by atoms with Crippen LogP contribution < -0.4 is 15.4 Å². The molecule has 3 heterocycles. The van der Waals surface area contributed by atoms with Crippen molar-refractivity contribution in [2.45, 2.75) is 13.8 Å². The molecular weight excluding hydrogens is 320 g/mol. The van der Waals surface area contributed by atoms with Crippen molar-refractivity contribution in [2.75, 3.05) is 10.6 Å². The Labute approximate surface area is 134 Å². The SMILES string of the molecule is Cc1nccc(NC(=O)Oc2nc(C)sc2Nc2ccon2)n1. The second-order valence-electron chi connectivity index (χ2n) is 4.38. The summed E-state index contributed by atoms with van der Waals surface area (Å²) in [5, 5.41) is 10.5. The number of hydrogen-bond donors (Lipinski definition) is 2. The molecule has 9 nitrogen and oxygen atoms in total. The molecule has 10 heteroatoms. The standard InChI is InChI=1S/C13H12N6O3S/c1-7-14-5-3-9(15-7)18-13(20)22-11-12(23-8(2)16-11)17-10-4-6-21-19-10/h3-6H,1-2H3,(H,17,19)(H,14,15,18,20). The smallest absolute Gasteiger partial charge is 0.388 e. The number of carbonyl (C=O) groups is 1. The van der Waals surface area contributed by atoms with Crippen LogP contribution in [0.25, 0.3) is 0 Å². The molecule has 0 radical (unpaired) electrons.